The minimum Gasteiger partial charge on any atom is -0.316 e. The van der Waals surface area contributed by atoms with Gasteiger partial charge in [-0.05, 0) is 23.1 Å². The Morgan fingerprint density at radius 2 is 1.93 bits per heavy atom. The van der Waals surface area contributed by atoms with E-state index in [1.165, 1.54) is 5.56 Å². The van der Waals surface area contributed by atoms with Crippen LogP contribution in [0.5, 0.6) is 0 Å². The van der Waals surface area contributed by atoms with E-state index < -0.39 is 0 Å². The van der Waals surface area contributed by atoms with Gasteiger partial charge in [0.25, 0.3) is 0 Å². The Labute approximate surface area is 94.0 Å². The van der Waals surface area contributed by atoms with Crippen LogP contribution in [0.25, 0.3) is 0 Å². The maximum Gasteiger partial charge on any atom is 0.0175 e. The summed E-state index contributed by atoms with van der Waals surface area (Å²) in [6.45, 7) is 6.89. The first-order valence-electron chi connectivity index (χ1n) is 5.06. The predicted molar refractivity (Wildman–Crippen MR) is 63.5 cm³/mol. The Morgan fingerprint density at radius 3 is 2.43 bits per heavy atom. The molecule has 1 aromatic rings. The van der Waals surface area contributed by atoms with Crippen LogP contribution >= 0.6 is 15.9 Å². The van der Waals surface area contributed by atoms with E-state index in [1.807, 2.05) is 0 Å². The smallest absolute Gasteiger partial charge is 0.0175 e. The van der Waals surface area contributed by atoms with Crippen molar-refractivity contribution in [3.8, 4) is 0 Å². The van der Waals surface area contributed by atoms with Crippen molar-refractivity contribution in [3.05, 3.63) is 34.3 Å². The van der Waals surface area contributed by atoms with Crippen LogP contribution in [-0.2, 0) is 0 Å². The molecule has 2 heteroatoms. The van der Waals surface area contributed by atoms with E-state index in [0.29, 0.717) is 11.3 Å². The predicted octanol–water partition coefficient (Wildman–Crippen LogP) is 3.16. The van der Waals surface area contributed by atoms with Gasteiger partial charge in [-0.25, -0.2) is 0 Å². The molecule has 76 valence electrons. The quantitative estimate of drug-likeness (QED) is 0.811. The fourth-order valence-electron chi connectivity index (χ4n) is 2.20. The van der Waals surface area contributed by atoms with Crippen LogP contribution in [0.15, 0.2) is 28.7 Å². The van der Waals surface area contributed by atoms with Gasteiger partial charge >= 0.3 is 0 Å². The molecule has 1 N–H and O–H groups in total. The highest BCUT2D eigenvalue weighted by Crippen LogP contribution is 2.38. The van der Waals surface area contributed by atoms with Crippen LogP contribution in [0.4, 0.5) is 0 Å². The molecule has 1 heterocycles. The molecule has 0 bridgehead atoms. The average molecular weight is 254 g/mol. The van der Waals surface area contributed by atoms with Gasteiger partial charge in [0.2, 0.25) is 0 Å². The molecule has 1 unspecified atom stereocenters. The lowest BCUT2D eigenvalue weighted by Crippen LogP contribution is -2.20. The van der Waals surface area contributed by atoms with Crippen LogP contribution in [0, 0.1) is 5.41 Å². The minimum absolute atomic E-state index is 0.383. The van der Waals surface area contributed by atoms with Gasteiger partial charge in [0.05, 0.1) is 0 Å². The first kappa shape index (κ1) is 10.2. The molecule has 1 aliphatic rings. The third kappa shape index (κ3) is 1.86. The van der Waals surface area contributed by atoms with Crippen LogP contribution < -0.4 is 5.32 Å². The molecule has 1 fully saturated rings. The maximum atomic E-state index is 3.47. The van der Waals surface area contributed by atoms with Crippen molar-refractivity contribution in [2.45, 2.75) is 19.8 Å². The van der Waals surface area contributed by atoms with Crippen molar-refractivity contribution >= 4 is 15.9 Å². The molecule has 1 saturated heterocycles. The van der Waals surface area contributed by atoms with E-state index in [2.05, 4.69) is 59.4 Å². The monoisotopic (exact) mass is 253 g/mol. The summed E-state index contributed by atoms with van der Waals surface area (Å²) >= 11 is 3.47. The highest BCUT2D eigenvalue weighted by atomic mass is 79.9. The fourth-order valence-corrected chi connectivity index (χ4v) is 2.47. The second kappa shape index (κ2) is 3.67. The number of rotatable bonds is 1. The lowest BCUT2D eigenvalue weighted by atomic mass is 9.78. The highest BCUT2D eigenvalue weighted by molar-refractivity contribution is 9.10. The topological polar surface area (TPSA) is 12.0 Å². The van der Waals surface area contributed by atoms with Crippen molar-refractivity contribution in [2.75, 3.05) is 13.1 Å². The van der Waals surface area contributed by atoms with Gasteiger partial charge in [0, 0.05) is 23.5 Å². The summed E-state index contributed by atoms with van der Waals surface area (Å²) in [4.78, 5) is 0. The normalized spacial score (nSPS) is 25.2. The largest absolute Gasteiger partial charge is 0.316 e. The van der Waals surface area contributed by atoms with Gasteiger partial charge in [-0.1, -0.05) is 41.9 Å². The summed E-state index contributed by atoms with van der Waals surface area (Å²) < 4.78 is 1.16. The Kier molecular flexibility index (Phi) is 2.67. The lowest BCUT2D eigenvalue weighted by Gasteiger charge is -2.26. The zero-order valence-electron chi connectivity index (χ0n) is 8.68. The third-order valence-electron chi connectivity index (χ3n) is 3.14. The first-order valence-corrected chi connectivity index (χ1v) is 5.85. The SMILES string of the molecule is CC1(C)CNCC1c1ccc(Br)cc1. The molecule has 1 atom stereocenters. The van der Waals surface area contributed by atoms with Gasteiger partial charge in [-0.15, -0.1) is 0 Å². The van der Waals surface area contributed by atoms with Crippen LogP contribution in [0.3, 0.4) is 0 Å². The molecule has 0 aliphatic carbocycles. The molecule has 0 radical (unpaired) electrons. The molecule has 0 saturated carbocycles. The van der Waals surface area contributed by atoms with Crippen molar-refractivity contribution in [1.82, 2.24) is 5.32 Å². The van der Waals surface area contributed by atoms with Gasteiger partial charge < -0.3 is 5.32 Å². The Bertz CT molecular complexity index is 316. The van der Waals surface area contributed by atoms with Crippen molar-refractivity contribution in [1.29, 1.82) is 0 Å². The number of benzene rings is 1. The first-order chi connectivity index (χ1) is 6.59. The molecule has 0 spiro atoms. The molecule has 1 aliphatic heterocycles. The second-order valence-corrected chi connectivity index (χ2v) is 5.64. The minimum atomic E-state index is 0.383. The van der Waals surface area contributed by atoms with Gasteiger partial charge in [0.1, 0.15) is 0 Å². The standard InChI is InChI=1S/C12H16BrN/c1-12(2)8-14-7-11(12)9-3-5-10(13)6-4-9/h3-6,11,14H,7-8H2,1-2H3. The molecule has 0 amide bonds. The van der Waals surface area contributed by atoms with Crippen LogP contribution in [-0.4, -0.2) is 13.1 Å². The summed E-state index contributed by atoms with van der Waals surface area (Å²) in [6.07, 6.45) is 0. The second-order valence-electron chi connectivity index (χ2n) is 4.72. The molecular weight excluding hydrogens is 238 g/mol. The summed E-state index contributed by atoms with van der Waals surface area (Å²) in [5.74, 6) is 0.649. The Balaban J connectivity index is 2.27. The lowest BCUT2D eigenvalue weighted by molar-refractivity contribution is 0.363. The van der Waals surface area contributed by atoms with E-state index >= 15 is 0 Å². The van der Waals surface area contributed by atoms with Crippen molar-refractivity contribution in [3.63, 3.8) is 0 Å². The molecule has 1 aromatic carbocycles. The molecule has 14 heavy (non-hydrogen) atoms. The maximum absolute atomic E-state index is 3.47. The van der Waals surface area contributed by atoms with Gasteiger partial charge in [-0.2, -0.15) is 0 Å². The van der Waals surface area contributed by atoms with Gasteiger partial charge in [-0.3, -0.25) is 0 Å². The van der Waals surface area contributed by atoms with Crippen LogP contribution in [0.2, 0.25) is 0 Å². The summed E-state index contributed by atoms with van der Waals surface area (Å²) in [6, 6.07) is 8.71. The third-order valence-corrected chi connectivity index (χ3v) is 3.67. The van der Waals surface area contributed by atoms with Crippen molar-refractivity contribution < 1.29 is 0 Å². The number of halogens is 1. The highest BCUT2D eigenvalue weighted by Gasteiger charge is 2.35. The van der Waals surface area contributed by atoms with E-state index in [0.717, 1.165) is 17.6 Å². The van der Waals surface area contributed by atoms with Gasteiger partial charge in [0.15, 0.2) is 0 Å². The fraction of sp³-hybridized carbons (Fsp3) is 0.500. The Hall–Kier alpha value is -0.340. The van der Waals surface area contributed by atoms with E-state index in [9.17, 15) is 0 Å². The van der Waals surface area contributed by atoms with Crippen LogP contribution in [0.1, 0.15) is 25.3 Å². The average Bonchev–Trinajstić information content (AvgIpc) is 2.47. The molecular formula is C12H16BrN. The van der Waals surface area contributed by atoms with E-state index in [-0.39, 0.29) is 0 Å². The number of hydrogen-bond donors (Lipinski definition) is 1. The summed E-state index contributed by atoms with van der Waals surface area (Å²) in [5, 5.41) is 3.46. The number of nitrogens with one attached hydrogen (secondary N) is 1. The number of hydrogen-bond acceptors (Lipinski definition) is 1. The molecule has 0 aromatic heterocycles. The Morgan fingerprint density at radius 1 is 1.29 bits per heavy atom. The van der Waals surface area contributed by atoms with Crippen molar-refractivity contribution in [2.24, 2.45) is 5.41 Å². The van der Waals surface area contributed by atoms with E-state index in [1.54, 1.807) is 0 Å². The molecule has 1 nitrogen and oxygen atoms in total. The summed E-state index contributed by atoms with van der Waals surface area (Å²) in [5.41, 5.74) is 1.83. The zero-order chi connectivity index (χ0) is 10.2. The molecule has 2 rings (SSSR count). The summed E-state index contributed by atoms with van der Waals surface area (Å²) in [7, 11) is 0. The van der Waals surface area contributed by atoms with E-state index in [4.69, 9.17) is 0 Å². The zero-order valence-corrected chi connectivity index (χ0v) is 10.3.